The first-order chi connectivity index (χ1) is 7.09. The normalized spacial score (nSPS) is 15.8. The molecular formula is C9H7N3O3. The number of nitrogens with zero attached hydrogens (tertiary/aromatic N) is 2. The van der Waals surface area contributed by atoms with Gasteiger partial charge in [0, 0.05) is 5.69 Å². The predicted molar refractivity (Wildman–Crippen MR) is 50.0 cm³/mol. The number of nitrogens with one attached hydrogen (secondary N) is 1. The van der Waals surface area contributed by atoms with Crippen LogP contribution >= 0.6 is 0 Å². The van der Waals surface area contributed by atoms with E-state index in [4.69, 9.17) is 0 Å². The Morgan fingerprint density at radius 1 is 1.27 bits per heavy atom. The fraction of sp³-hybridized carbons (Fsp3) is 0.111. The average molecular weight is 205 g/mol. The van der Waals surface area contributed by atoms with E-state index in [0.29, 0.717) is 0 Å². The fourth-order valence-corrected chi connectivity index (χ4v) is 1.23. The zero-order valence-electron chi connectivity index (χ0n) is 7.85. The van der Waals surface area contributed by atoms with Gasteiger partial charge in [-0.05, 0) is 19.1 Å². The summed E-state index contributed by atoms with van der Waals surface area (Å²) < 4.78 is 0. The molecule has 1 aromatic heterocycles. The van der Waals surface area contributed by atoms with Gasteiger partial charge in [0.05, 0.1) is 11.9 Å². The van der Waals surface area contributed by atoms with Gasteiger partial charge in [0.2, 0.25) is 0 Å². The highest BCUT2D eigenvalue weighted by atomic mass is 16.2. The SMILES string of the molecule is Cc1ccc(N2C(=O)NC(=O)C2=O)cn1. The third-order valence-corrected chi connectivity index (χ3v) is 1.97. The number of rotatable bonds is 1. The highest BCUT2D eigenvalue weighted by Gasteiger charge is 2.38. The number of carbonyl (C=O) groups is 3. The first-order valence-corrected chi connectivity index (χ1v) is 4.21. The maximum Gasteiger partial charge on any atom is 0.336 e. The molecule has 1 aromatic rings. The number of hydrogen-bond acceptors (Lipinski definition) is 4. The van der Waals surface area contributed by atoms with Gasteiger partial charge in [-0.15, -0.1) is 0 Å². The maximum absolute atomic E-state index is 11.3. The number of aryl methyl sites for hydroxylation is 1. The fourth-order valence-electron chi connectivity index (χ4n) is 1.23. The summed E-state index contributed by atoms with van der Waals surface area (Å²) >= 11 is 0. The van der Waals surface area contributed by atoms with Crippen molar-refractivity contribution in [2.75, 3.05) is 4.90 Å². The molecule has 0 saturated carbocycles. The van der Waals surface area contributed by atoms with Crippen LogP contribution in [0.1, 0.15) is 5.69 Å². The standard InChI is InChI=1S/C9H7N3O3/c1-5-2-3-6(4-10-5)12-8(14)7(13)11-9(12)15/h2-4H,1H3,(H,11,13,15). The van der Waals surface area contributed by atoms with Crippen LogP contribution in [0.2, 0.25) is 0 Å². The van der Waals surface area contributed by atoms with E-state index in [2.05, 4.69) is 4.98 Å². The summed E-state index contributed by atoms with van der Waals surface area (Å²) in [4.78, 5) is 38.1. The number of anilines is 1. The lowest BCUT2D eigenvalue weighted by atomic mass is 10.3. The molecule has 0 spiro atoms. The molecule has 0 radical (unpaired) electrons. The van der Waals surface area contributed by atoms with Crippen LogP contribution in [0.5, 0.6) is 0 Å². The second-order valence-electron chi connectivity index (χ2n) is 3.06. The van der Waals surface area contributed by atoms with Gasteiger partial charge in [-0.3, -0.25) is 19.9 Å². The minimum atomic E-state index is -0.916. The average Bonchev–Trinajstić information content (AvgIpc) is 2.44. The number of hydrogen-bond donors (Lipinski definition) is 1. The van der Waals surface area contributed by atoms with Gasteiger partial charge in [0.15, 0.2) is 0 Å². The van der Waals surface area contributed by atoms with Crippen LogP contribution in [0.4, 0.5) is 10.5 Å². The van der Waals surface area contributed by atoms with Gasteiger partial charge in [-0.25, -0.2) is 9.69 Å². The van der Waals surface area contributed by atoms with E-state index in [0.717, 1.165) is 10.6 Å². The van der Waals surface area contributed by atoms with E-state index in [9.17, 15) is 14.4 Å². The van der Waals surface area contributed by atoms with Crippen LogP contribution in [0.3, 0.4) is 0 Å². The predicted octanol–water partition coefficient (Wildman–Crippen LogP) is -0.0272. The van der Waals surface area contributed by atoms with Crippen LogP contribution in [0.15, 0.2) is 18.3 Å². The number of pyridine rings is 1. The van der Waals surface area contributed by atoms with Crippen LogP contribution in [0, 0.1) is 6.92 Å². The van der Waals surface area contributed by atoms with Crippen molar-refractivity contribution < 1.29 is 14.4 Å². The third kappa shape index (κ3) is 1.45. The van der Waals surface area contributed by atoms with Crippen molar-refractivity contribution in [1.82, 2.24) is 10.3 Å². The van der Waals surface area contributed by atoms with Crippen LogP contribution in [0.25, 0.3) is 0 Å². The Kier molecular flexibility index (Phi) is 1.96. The van der Waals surface area contributed by atoms with Gasteiger partial charge in [-0.1, -0.05) is 0 Å². The van der Waals surface area contributed by atoms with Crippen molar-refractivity contribution in [2.45, 2.75) is 6.92 Å². The second kappa shape index (κ2) is 3.16. The molecule has 1 saturated heterocycles. The van der Waals surface area contributed by atoms with E-state index >= 15 is 0 Å². The molecule has 0 aliphatic carbocycles. The number of aromatic nitrogens is 1. The molecule has 1 N–H and O–H groups in total. The first-order valence-electron chi connectivity index (χ1n) is 4.21. The molecule has 76 valence electrons. The first kappa shape index (κ1) is 9.32. The van der Waals surface area contributed by atoms with Gasteiger partial charge in [0.25, 0.3) is 0 Å². The number of urea groups is 1. The van der Waals surface area contributed by atoms with Crippen molar-refractivity contribution in [3.63, 3.8) is 0 Å². The number of amides is 4. The summed E-state index contributed by atoms with van der Waals surface area (Å²) in [5.74, 6) is -1.80. The molecule has 4 amide bonds. The van der Waals surface area contributed by atoms with Gasteiger partial charge in [-0.2, -0.15) is 0 Å². The van der Waals surface area contributed by atoms with Crippen molar-refractivity contribution in [2.24, 2.45) is 0 Å². The summed E-state index contributed by atoms with van der Waals surface area (Å²) in [6.07, 6.45) is 1.37. The van der Waals surface area contributed by atoms with E-state index in [-0.39, 0.29) is 5.69 Å². The Morgan fingerprint density at radius 3 is 2.47 bits per heavy atom. The maximum atomic E-state index is 11.3. The molecule has 2 rings (SSSR count). The quantitative estimate of drug-likeness (QED) is 0.516. The summed E-state index contributed by atoms with van der Waals surface area (Å²) in [6.45, 7) is 1.78. The van der Waals surface area contributed by atoms with Crippen LogP contribution in [-0.4, -0.2) is 22.8 Å². The Morgan fingerprint density at radius 2 is 2.00 bits per heavy atom. The highest BCUT2D eigenvalue weighted by molar-refractivity contribution is 6.52. The molecule has 0 atom stereocenters. The summed E-state index contributed by atoms with van der Waals surface area (Å²) in [6, 6.07) is 2.47. The number of imide groups is 2. The monoisotopic (exact) mass is 205 g/mol. The molecule has 6 heteroatoms. The Bertz CT molecular complexity index is 452. The molecule has 15 heavy (non-hydrogen) atoms. The smallest absolute Gasteiger partial charge is 0.269 e. The van der Waals surface area contributed by atoms with Gasteiger partial charge >= 0.3 is 17.8 Å². The Hall–Kier alpha value is -2.24. The van der Waals surface area contributed by atoms with Crippen LogP contribution in [-0.2, 0) is 9.59 Å². The minimum absolute atomic E-state index is 0.286. The van der Waals surface area contributed by atoms with Crippen molar-refractivity contribution in [1.29, 1.82) is 0 Å². The van der Waals surface area contributed by atoms with E-state index in [1.807, 2.05) is 5.32 Å². The van der Waals surface area contributed by atoms with E-state index < -0.39 is 17.8 Å². The molecule has 0 unspecified atom stereocenters. The van der Waals surface area contributed by atoms with E-state index in [1.54, 1.807) is 19.1 Å². The minimum Gasteiger partial charge on any atom is -0.269 e. The molecule has 0 bridgehead atoms. The largest absolute Gasteiger partial charge is 0.336 e. The molecule has 1 fully saturated rings. The number of carbonyl (C=O) groups excluding carboxylic acids is 3. The Balaban J connectivity index is 2.39. The molecule has 1 aliphatic heterocycles. The lowest BCUT2D eigenvalue weighted by molar-refractivity contribution is -0.134. The second-order valence-corrected chi connectivity index (χ2v) is 3.06. The lowest BCUT2D eigenvalue weighted by Gasteiger charge is -2.10. The van der Waals surface area contributed by atoms with Crippen LogP contribution < -0.4 is 10.2 Å². The molecule has 2 heterocycles. The summed E-state index contributed by atoms with van der Waals surface area (Å²) in [5, 5.41) is 1.90. The summed E-state index contributed by atoms with van der Waals surface area (Å²) in [5.41, 5.74) is 1.05. The van der Waals surface area contributed by atoms with Crippen molar-refractivity contribution in [3.05, 3.63) is 24.0 Å². The zero-order chi connectivity index (χ0) is 11.0. The van der Waals surface area contributed by atoms with Crippen molar-refractivity contribution >= 4 is 23.5 Å². The van der Waals surface area contributed by atoms with Gasteiger partial charge in [0.1, 0.15) is 0 Å². The van der Waals surface area contributed by atoms with E-state index in [1.165, 1.54) is 6.20 Å². The van der Waals surface area contributed by atoms with Gasteiger partial charge < -0.3 is 0 Å². The highest BCUT2D eigenvalue weighted by Crippen LogP contribution is 2.16. The zero-order valence-corrected chi connectivity index (χ0v) is 7.85. The molecule has 1 aliphatic rings. The summed E-state index contributed by atoms with van der Waals surface area (Å²) in [7, 11) is 0. The Labute approximate surface area is 84.9 Å². The molecule has 6 nitrogen and oxygen atoms in total. The van der Waals surface area contributed by atoms with Crippen molar-refractivity contribution in [3.8, 4) is 0 Å². The topological polar surface area (TPSA) is 79.4 Å². The molecular weight excluding hydrogens is 198 g/mol. The lowest BCUT2D eigenvalue weighted by Crippen LogP contribution is -2.30. The third-order valence-electron chi connectivity index (χ3n) is 1.97. The molecule has 0 aromatic carbocycles.